The Morgan fingerprint density at radius 1 is 0.581 bits per heavy atom. The standard InChI is InChI=1S/C30H29I/c1-5-30(3,4)28-14-10-23(11-15-28)26-18-25(22-8-6-21(2)7-9-22)19-27(20-26)24-12-16-29(31)17-13-24/h6-20H,5H2,1-4H3. The first-order valence-electron chi connectivity index (χ1n) is 10.9. The van der Waals surface area contributed by atoms with Gasteiger partial charge in [0.1, 0.15) is 0 Å². The van der Waals surface area contributed by atoms with Crippen LogP contribution in [-0.2, 0) is 5.41 Å². The second-order valence-corrected chi connectivity index (χ2v) is 10.2. The van der Waals surface area contributed by atoms with E-state index in [0.29, 0.717) is 0 Å². The third-order valence-electron chi connectivity index (χ3n) is 6.38. The number of halogens is 1. The predicted molar refractivity (Wildman–Crippen MR) is 144 cm³/mol. The first-order chi connectivity index (χ1) is 14.9. The van der Waals surface area contributed by atoms with Crippen LogP contribution in [0, 0.1) is 10.5 Å². The molecule has 0 aliphatic heterocycles. The SMILES string of the molecule is CCC(C)(C)c1ccc(-c2cc(-c3ccc(C)cc3)cc(-c3ccc(I)cc3)c2)cc1. The monoisotopic (exact) mass is 516 g/mol. The summed E-state index contributed by atoms with van der Waals surface area (Å²) >= 11 is 2.36. The Balaban J connectivity index is 1.83. The van der Waals surface area contributed by atoms with Crippen LogP contribution in [0.3, 0.4) is 0 Å². The minimum Gasteiger partial charge on any atom is -0.0646 e. The lowest BCUT2D eigenvalue weighted by Crippen LogP contribution is -2.14. The average molecular weight is 516 g/mol. The van der Waals surface area contributed by atoms with Crippen molar-refractivity contribution >= 4 is 22.6 Å². The first kappa shape index (κ1) is 21.8. The number of aryl methyl sites for hydroxylation is 1. The van der Waals surface area contributed by atoms with Gasteiger partial charge in [-0.1, -0.05) is 87.0 Å². The van der Waals surface area contributed by atoms with Crippen LogP contribution in [0.5, 0.6) is 0 Å². The van der Waals surface area contributed by atoms with E-state index in [9.17, 15) is 0 Å². The lowest BCUT2D eigenvalue weighted by atomic mass is 9.81. The molecule has 156 valence electrons. The molecule has 0 bridgehead atoms. The minimum absolute atomic E-state index is 0.203. The topological polar surface area (TPSA) is 0 Å². The highest BCUT2D eigenvalue weighted by Gasteiger charge is 2.17. The van der Waals surface area contributed by atoms with Crippen LogP contribution in [-0.4, -0.2) is 0 Å². The van der Waals surface area contributed by atoms with Crippen LogP contribution >= 0.6 is 22.6 Å². The molecule has 0 atom stereocenters. The maximum absolute atomic E-state index is 2.36. The van der Waals surface area contributed by atoms with Crippen molar-refractivity contribution in [2.24, 2.45) is 0 Å². The number of benzene rings is 4. The van der Waals surface area contributed by atoms with Gasteiger partial charge in [-0.2, -0.15) is 0 Å². The van der Waals surface area contributed by atoms with E-state index in [-0.39, 0.29) is 5.41 Å². The van der Waals surface area contributed by atoms with E-state index in [0.717, 1.165) is 6.42 Å². The zero-order valence-corrected chi connectivity index (χ0v) is 20.9. The Labute approximate surface area is 200 Å². The summed E-state index contributed by atoms with van der Waals surface area (Å²) in [7, 11) is 0. The van der Waals surface area contributed by atoms with Crippen molar-refractivity contribution in [1.29, 1.82) is 0 Å². The van der Waals surface area contributed by atoms with Gasteiger partial charge in [0.2, 0.25) is 0 Å². The molecule has 0 heterocycles. The summed E-state index contributed by atoms with van der Waals surface area (Å²) in [6, 6.07) is 33.7. The highest BCUT2D eigenvalue weighted by Crippen LogP contribution is 2.34. The van der Waals surface area contributed by atoms with Crippen molar-refractivity contribution in [1.82, 2.24) is 0 Å². The highest BCUT2D eigenvalue weighted by atomic mass is 127. The van der Waals surface area contributed by atoms with Crippen LogP contribution < -0.4 is 0 Å². The van der Waals surface area contributed by atoms with Crippen molar-refractivity contribution in [3.05, 3.63) is 106 Å². The van der Waals surface area contributed by atoms with E-state index < -0.39 is 0 Å². The van der Waals surface area contributed by atoms with E-state index in [2.05, 4.69) is 141 Å². The van der Waals surface area contributed by atoms with Gasteiger partial charge in [-0.05, 0) is 111 Å². The van der Waals surface area contributed by atoms with Crippen LogP contribution in [0.4, 0.5) is 0 Å². The Morgan fingerprint density at radius 2 is 0.968 bits per heavy atom. The van der Waals surface area contributed by atoms with Gasteiger partial charge < -0.3 is 0 Å². The summed E-state index contributed by atoms with van der Waals surface area (Å²) in [6.07, 6.45) is 1.13. The van der Waals surface area contributed by atoms with E-state index in [1.54, 1.807) is 0 Å². The molecule has 0 spiro atoms. The Morgan fingerprint density at radius 3 is 1.39 bits per heavy atom. The molecule has 0 aliphatic carbocycles. The number of hydrogen-bond donors (Lipinski definition) is 0. The van der Waals surface area contributed by atoms with Crippen molar-refractivity contribution in [2.45, 2.75) is 39.5 Å². The Bertz CT molecular complexity index is 1100. The summed E-state index contributed by atoms with van der Waals surface area (Å²) < 4.78 is 1.25. The average Bonchev–Trinajstić information content (AvgIpc) is 2.80. The third kappa shape index (κ3) is 4.93. The van der Waals surface area contributed by atoms with Crippen LogP contribution in [0.25, 0.3) is 33.4 Å². The smallest absolute Gasteiger partial charge is 0.0130 e. The van der Waals surface area contributed by atoms with Gasteiger partial charge in [-0.15, -0.1) is 0 Å². The molecule has 0 radical (unpaired) electrons. The van der Waals surface area contributed by atoms with Crippen molar-refractivity contribution in [3.63, 3.8) is 0 Å². The molecule has 4 aromatic carbocycles. The van der Waals surface area contributed by atoms with Crippen LogP contribution in [0.2, 0.25) is 0 Å². The Kier molecular flexibility index (Phi) is 6.34. The summed E-state index contributed by atoms with van der Waals surface area (Å²) in [5, 5.41) is 0. The zero-order chi connectivity index (χ0) is 22.0. The fourth-order valence-corrected chi connectivity index (χ4v) is 4.19. The molecule has 1 heteroatoms. The highest BCUT2D eigenvalue weighted by molar-refractivity contribution is 14.1. The fraction of sp³-hybridized carbons (Fsp3) is 0.200. The molecule has 0 unspecified atom stereocenters. The van der Waals surface area contributed by atoms with Crippen molar-refractivity contribution in [3.8, 4) is 33.4 Å². The Hall–Kier alpha value is -2.39. The summed E-state index contributed by atoms with van der Waals surface area (Å²) in [6.45, 7) is 9.02. The molecular formula is C30H29I. The quantitative estimate of drug-likeness (QED) is 0.232. The fourth-order valence-electron chi connectivity index (χ4n) is 3.83. The lowest BCUT2D eigenvalue weighted by Gasteiger charge is -2.23. The maximum Gasteiger partial charge on any atom is 0.0130 e. The van der Waals surface area contributed by atoms with Gasteiger partial charge in [0.25, 0.3) is 0 Å². The molecule has 0 aliphatic rings. The van der Waals surface area contributed by atoms with Gasteiger partial charge in [0, 0.05) is 3.57 Å². The number of hydrogen-bond acceptors (Lipinski definition) is 0. The summed E-state index contributed by atoms with van der Waals surface area (Å²) in [5.41, 5.74) is 10.4. The largest absolute Gasteiger partial charge is 0.0646 e. The second-order valence-electron chi connectivity index (χ2n) is 8.99. The molecule has 4 aromatic rings. The van der Waals surface area contributed by atoms with Gasteiger partial charge in [-0.25, -0.2) is 0 Å². The molecule has 31 heavy (non-hydrogen) atoms. The van der Waals surface area contributed by atoms with Gasteiger partial charge >= 0.3 is 0 Å². The third-order valence-corrected chi connectivity index (χ3v) is 7.10. The summed E-state index contributed by atoms with van der Waals surface area (Å²) in [5.74, 6) is 0. The molecule has 0 aromatic heterocycles. The molecule has 0 fully saturated rings. The minimum atomic E-state index is 0.203. The molecule has 0 saturated carbocycles. The number of rotatable bonds is 5. The second kappa shape index (κ2) is 9.00. The van der Waals surface area contributed by atoms with Crippen molar-refractivity contribution in [2.75, 3.05) is 0 Å². The van der Waals surface area contributed by atoms with Gasteiger partial charge in [-0.3, -0.25) is 0 Å². The first-order valence-corrected chi connectivity index (χ1v) is 12.0. The van der Waals surface area contributed by atoms with Crippen molar-refractivity contribution < 1.29 is 0 Å². The molecular weight excluding hydrogens is 487 g/mol. The van der Waals surface area contributed by atoms with E-state index >= 15 is 0 Å². The maximum atomic E-state index is 2.36. The van der Waals surface area contributed by atoms with E-state index in [1.165, 1.54) is 48.1 Å². The van der Waals surface area contributed by atoms with Crippen LogP contribution in [0.1, 0.15) is 38.3 Å². The molecule has 4 rings (SSSR count). The zero-order valence-electron chi connectivity index (χ0n) is 18.7. The molecule has 0 nitrogen and oxygen atoms in total. The predicted octanol–water partition coefficient (Wildman–Crippen LogP) is 9.29. The summed E-state index contributed by atoms with van der Waals surface area (Å²) in [4.78, 5) is 0. The van der Waals surface area contributed by atoms with E-state index in [4.69, 9.17) is 0 Å². The lowest BCUT2D eigenvalue weighted by molar-refractivity contribution is 0.506. The molecule has 0 amide bonds. The molecule has 0 saturated heterocycles. The van der Waals surface area contributed by atoms with Gasteiger partial charge in [0.15, 0.2) is 0 Å². The normalized spacial score (nSPS) is 11.5. The van der Waals surface area contributed by atoms with Gasteiger partial charge in [0.05, 0.1) is 0 Å². The molecule has 0 N–H and O–H groups in total. The van der Waals surface area contributed by atoms with Crippen LogP contribution in [0.15, 0.2) is 91.0 Å². The van der Waals surface area contributed by atoms with E-state index in [1.807, 2.05) is 0 Å².